The molecule has 1 amide bonds. The van der Waals surface area contributed by atoms with Crippen LogP contribution in [0.5, 0.6) is 0 Å². The van der Waals surface area contributed by atoms with Crippen molar-refractivity contribution in [2.24, 2.45) is 11.7 Å². The van der Waals surface area contributed by atoms with Crippen LogP contribution < -0.4 is 11.1 Å². The number of benzene rings is 1. The monoisotopic (exact) mass is 332 g/mol. The summed E-state index contributed by atoms with van der Waals surface area (Å²) in [5.41, 5.74) is 6.67. The van der Waals surface area contributed by atoms with Gasteiger partial charge in [0.05, 0.1) is 15.4 Å². The average molecular weight is 333 g/mol. The lowest BCUT2D eigenvalue weighted by Gasteiger charge is -2.15. The van der Waals surface area contributed by atoms with Crippen molar-refractivity contribution in [1.29, 1.82) is 0 Å². The number of anilines is 1. The Balaban J connectivity index is 2.94. The van der Waals surface area contributed by atoms with Gasteiger partial charge in [0.1, 0.15) is 5.82 Å². The van der Waals surface area contributed by atoms with Gasteiger partial charge in [-0.25, -0.2) is 4.39 Å². The summed E-state index contributed by atoms with van der Waals surface area (Å²) in [5.74, 6) is -1.28. The van der Waals surface area contributed by atoms with Crippen molar-refractivity contribution >= 4 is 44.7 Å². The molecule has 1 atom stereocenters. The topological polar surface area (TPSA) is 55.1 Å². The fourth-order valence-corrected chi connectivity index (χ4v) is 2.25. The third kappa shape index (κ3) is 3.49. The summed E-state index contributed by atoms with van der Waals surface area (Å²) >= 11 is 7.91. The van der Waals surface area contributed by atoms with Crippen LogP contribution in [0.4, 0.5) is 10.1 Å². The summed E-state index contributed by atoms with van der Waals surface area (Å²) in [6.07, 6.45) is 0.513. The largest absolute Gasteiger partial charge is 0.393 e. The van der Waals surface area contributed by atoms with E-state index >= 15 is 0 Å². The number of thiocarbonyl (C=S) groups is 1. The molecule has 3 N–H and O–H groups in total. The minimum absolute atomic E-state index is 0.144. The summed E-state index contributed by atoms with van der Waals surface area (Å²) < 4.78 is 13.8. The molecule has 18 heavy (non-hydrogen) atoms. The lowest BCUT2D eigenvalue weighted by molar-refractivity contribution is -0.118. The van der Waals surface area contributed by atoms with Gasteiger partial charge in [0.15, 0.2) is 0 Å². The van der Waals surface area contributed by atoms with E-state index in [0.29, 0.717) is 16.6 Å². The van der Waals surface area contributed by atoms with Gasteiger partial charge in [-0.3, -0.25) is 4.79 Å². The molecule has 0 bridgehead atoms. The molecular weight excluding hydrogens is 319 g/mol. The number of hydrogen-bond acceptors (Lipinski definition) is 2. The van der Waals surface area contributed by atoms with E-state index in [1.165, 1.54) is 6.07 Å². The first-order chi connectivity index (χ1) is 8.36. The average Bonchev–Trinajstić information content (AvgIpc) is 2.26. The molecular formula is C12H14BrFN2OS. The lowest BCUT2D eigenvalue weighted by Crippen LogP contribution is -2.32. The van der Waals surface area contributed by atoms with Crippen molar-refractivity contribution in [3.8, 4) is 0 Å². The molecule has 1 rings (SSSR count). The number of amides is 1. The van der Waals surface area contributed by atoms with Crippen LogP contribution in [0.15, 0.2) is 16.6 Å². The highest BCUT2D eigenvalue weighted by molar-refractivity contribution is 9.10. The summed E-state index contributed by atoms with van der Waals surface area (Å²) in [4.78, 5) is 12.1. The van der Waals surface area contributed by atoms with E-state index in [4.69, 9.17) is 18.0 Å². The Morgan fingerprint density at radius 2 is 2.22 bits per heavy atom. The van der Waals surface area contributed by atoms with Crippen LogP contribution in [-0.2, 0) is 4.79 Å². The molecule has 0 saturated carbocycles. The third-order valence-corrected chi connectivity index (χ3v) is 3.49. The third-order valence-electron chi connectivity index (χ3n) is 2.59. The van der Waals surface area contributed by atoms with E-state index in [-0.39, 0.29) is 10.9 Å². The highest BCUT2D eigenvalue weighted by Gasteiger charge is 2.20. The molecule has 0 fully saturated rings. The number of aryl methyl sites for hydroxylation is 1. The maximum absolute atomic E-state index is 13.4. The molecule has 0 saturated heterocycles. The van der Waals surface area contributed by atoms with Crippen LogP contribution in [0.1, 0.15) is 18.9 Å². The Bertz CT molecular complexity index is 493. The Hall–Kier alpha value is -1.01. The molecule has 1 aromatic carbocycles. The maximum Gasteiger partial charge on any atom is 0.234 e. The summed E-state index contributed by atoms with van der Waals surface area (Å²) in [6.45, 7) is 3.60. The number of nitrogens with two attached hydrogens (primary N) is 1. The minimum Gasteiger partial charge on any atom is -0.393 e. The molecule has 0 aliphatic carbocycles. The van der Waals surface area contributed by atoms with Gasteiger partial charge in [0.25, 0.3) is 0 Å². The maximum atomic E-state index is 13.4. The van der Waals surface area contributed by atoms with Crippen molar-refractivity contribution in [2.45, 2.75) is 20.3 Å². The molecule has 1 unspecified atom stereocenters. The Morgan fingerprint density at radius 3 is 2.72 bits per heavy atom. The molecule has 1 aromatic rings. The zero-order chi connectivity index (χ0) is 13.9. The van der Waals surface area contributed by atoms with Gasteiger partial charge >= 0.3 is 0 Å². The number of nitrogens with one attached hydrogen (secondary N) is 1. The zero-order valence-corrected chi connectivity index (χ0v) is 12.5. The zero-order valence-electron chi connectivity index (χ0n) is 10.1. The quantitative estimate of drug-likeness (QED) is 0.833. The second-order valence-electron chi connectivity index (χ2n) is 3.93. The minimum atomic E-state index is -0.536. The van der Waals surface area contributed by atoms with Crippen LogP contribution in [-0.4, -0.2) is 10.9 Å². The first-order valence-electron chi connectivity index (χ1n) is 5.42. The van der Waals surface area contributed by atoms with Gasteiger partial charge in [-0.15, -0.1) is 0 Å². The van der Waals surface area contributed by atoms with E-state index < -0.39 is 11.7 Å². The number of carbonyl (C=O) groups excluding carboxylic acids is 1. The molecule has 0 radical (unpaired) electrons. The van der Waals surface area contributed by atoms with Crippen LogP contribution in [0.3, 0.4) is 0 Å². The first kappa shape index (κ1) is 15.0. The Kier molecular flexibility index (Phi) is 5.22. The van der Waals surface area contributed by atoms with Crippen molar-refractivity contribution in [1.82, 2.24) is 0 Å². The van der Waals surface area contributed by atoms with Crippen LogP contribution in [0.25, 0.3) is 0 Å². The summed E-state index contributed by atoms with van der Waals surface area (Å²) in [6, 6.07) is 2.87. The standard InChI is InChI=1S/C12H14BrFN2OS/c1-3-7(11(15)18)12(17)16-10-5-9(14)8(13)4-6(10)2/h4-5,7H,3H2,1-2H3,(H2,15,18)(H,16,17). The highest BCUT2D eigenvalue weighted by Crippen LogP contribution is 2.24. The fraction of sp³-hybridized carbons (Fsp3) is 0.333. The second kappa shape index (κ2) is 6.24. The number of halogens is 2. The summed E-state index contributed by atoms with van der Waals surface area (Å²) in [7, 11) is 0. The second-order valence-corrected chi connectivity index (χ2v) is 5.26. The molecule has 0 aliphatic rings. The predicted octanol–water partition coefficient (Wildman–Crippen LogP) is 3.15. The summed E-state index contributed by atoms with van der Waals surface area (Å²) in [5, 5.41) is 2.64. The van der Waals surface area contributed by atoms with Gasteiger partial charge in [0.2, 0.25) is 5.91 Å². The molecule has 3 nitrogen and oxygen atoms in total. The molecule has 0 heterocycles. The van der Waals surface area contributed by atoms with E-state index in [9.17, 15) is 9.18 Å². The predicted molar refractivity (Wildman–Crippen MR) is 78.0 cm³/mol. The fourth-order valence-electron chi connectivity index (χ4n) is 1.52. The molecule has 6 heteroatoms. The highest BCUT2D eigenvalue weighted by atomic mass is 79.9. The van der Waals surface area contributed by atoms with E-state index in [0.717, 1.165) is 5.56 Å². The first-order valence-corrected chi connectivity index (χ1v) is 6.62. The van der Waals surface area contributed by atoms with Gasteiger partial charge in [-0.1, -0.05) is 19.1 Å². The number of hydrogen-bond donors (Lipinski definition) is 2. The number of carbonyl (C=O) groups is 1. The number of rotatable bonds is 4. The van der Waals surface area contributed by atoms with Gasteiger partial charge in [-0.2, -0.15) is 0 Å². The van der Waals surface area contributed by atoms with Crippen molar-refractivity contribution < 1.29 is 9.18 Å². The normalized spacial score (nSPS) is 12.0. The van der Waals surface area contributed by atoms with Crippen LogP contribution >= 0.6 is 28.1 Å². The van der Waals surface area contributed by atoms with Crippen LogP contribution in [0.2, 0.25) is 0 Å². The van der Waals surface area contributed by atoms with E-state index in [1.54, 1.807) is 13.0 Å². The van der Waals surface area contributed by atoms with Gasteiger partial charge in [0, 0.05) is 5.69 Å². The molecule has 0 aromatic heterocycles. The molecule has 98 valence electrons. The Labute approximate surface area is 119 Å². The van der Waals surface area contributed by atoms with Crippen molar-refractivity contribution in [3.05, 3.63) is 28.0 Å². The SMILES string of the molecule is CCC(C(=O)Nc1cc(F)c(Br)cc1C)C(N)=S. The molecule has 0 spiro atoms. The smallest absolute Gasteiger partial charge is 0.234 e. The van der Waals surface area contributed by atoms with E-state index in [1.807, 2.05) is 6.92 Å². The lowest BCUT2D eigenvalue weighted by atomic mass is 10.1. The van der Waals surface area contributed by atoms with Crippen molar-refractivity contribution in [3.63, 3.8) is 0 Å². The van der Waals surface area contributed by atoms with E-state index in [2.05, 4.69) is 21.2 Å². The van der Waals surface area contributed by atoms with Gasteiger partial charge < -0.3 is 11.1 Å². The molecule has 0 aliphatic heterocycles. The van der Waals surface area contributed by atoms with Crippen LogP contribution in [0, 0.1) is 18.7 Å². The van der Waals surface area contributed by atoms with Gasteiger partial charge in [-0.05, 0) is 47.0 Å². The van der Waals surface area contributed by atoms with Crippen molar-refractivity contribution in [2.75, 3.05) is 5.32 Å². The Morgan fingerprint density at radius 1 is 1.61 bits per heavy atom.